The first kappa shape index (κ1) is 18.8. The smallest absolute Gasteiger partial charge is 0.269 e. The van der Waals surface area contributed by atoms with Crippen LogP contribution in [0.1, 0.15) is 64.4 Å². The molecule has 0 unspecified atom stereocenters. The molecule has 0 heterocycles. The highest BCUT2D eigenvalue weighted by Gasteiger charge is 2.06. The van der Waals surface area contributed by atoms with E-state index >= 15 is 0 Å². The summed E-state index contributed by atoms with van der Waals surface area (Å²) in [6.07, 6.45) is 7.30. The van der Waals surface area contributed by atoms with E-state index in [9.17, 15) is 14.9 Å². The fourth-order valence-electron chi connectivity index (χ4n) is 2.16. The molecule has 1 aromatic rings. The van der Waals surface area contributed by atoms with Crippen LogP contribution in [-0.2, 0) is 4.79 Å². The average molecular weight is 319 g/mol. The van der Waals surface area contributed by atoms with Crippen LogP contribution < -0.4 is 5.43 Å². The highest BCUT2D eigenvalue weighted by molar-refractivity contribution is 5.99. The number of nitro groups is 1. The molecule has 6 nitrogen and oxygen atoms in total. The highest BCUT2D eigenvalue weighted by Crippen LogP contribution is 2.12. The largest absolute Gasteiger partial charge is 0.273 e. The fraction of sp³-hybridized carbons (Fsp3) is 0.529. The summed E-state index contributed by atoms with van der Waals surface area (Å²) in [7, 11) is 0. The van der Waals surface area contributed by atoms with Crippen LogP contribution in [0.15, 0.2) is 29.4 Å². The number of amides is 1. The van der Waals surface area contributed by atoms with Crippen LogP contribution in [0.4, 0.5) is 5.69 Å². The van der Waals surface area contributed by atoms with E-state index in [0.717, 1.165) is 18.4 Å². The van der Waals surface area contributed by atoms with Gasteiger partial charge in [-0.3, -0.25) is 14.9 Å². The minimum atomic E-state index is -0.446. The van der Waals surface area contributed by atoms with Crippen molar-refractivity contribution in [2.75, 3.05) is 0 Å². The molecular weight excluding hydrogens is 294 g/mol. The molecular formula is C17H25N3O3. The molecule has 23 heavy (non-hydrogen) atoms. The van der Waals surface area contributed by atoms with Gasteiger partial charge in [0.2, 0.25) is 5.91 Å². The van der Waals surface area contributed by atoms with Crippen LogP contribution >= 0.6 is 0 Å². The number of unbranched alkanes of at least 4 members (excludes halogenated alkanes) is 5. The van der Waals surface area contributed by atoms with E-state index in [0.29, 0.717) is 12.1 Å². The first-order chi connectivity index (χ1) is 11.0. The lowest BCUT2D eigenvalue weighted by Crippen LogP contribution is -2.18. The van der Waals surface area contributed by atoms with Crippen LogP contribution in [0.25, 0.3) is 0 Å². The predicted octanol–water partition coefficient (Wildman–Crippen LogP) is 4.19. The number of hydrazone groups is 1. The molecule has 1 N–H and O–H groups in total. The Morgan fingerprint density at radius 2 is 1.74 bits per heavy atom. The molecule has 0 radical (unpaired) electrons. The molecule has 0 aliphatic heterocycles. The Labute approximate surface area is 137 Å². The van der Waals surface area contributed by atoms with Crippen molar-refractivity contribution < 1.29 is 9.72 Å². The minimum Gasteiger partial charge on any atom is -0.273 e. The van der Waals surface area contributed by atoms with Crippen LogP contribution in [0.5, 0.6) is 0 Å². The molecule has 126 valence electrons. The third kappa shape index (κ3) is 7.54. The van der Waals surface area contributed by atoms with Crippen molar-refractivity contribution in [3.8, 4) is 0 Å². The van der Waals surface area contributed by atoms with Gasteiger partial charge in [-0.15, -0.1) is 0 Å². The Morgan fingerprint density at radius 1 is 1.13 bits per heavy atom. The summed E-state index contributed by atoms with van der Waals surface area (Å²) in [5.41, 5.74) is 3.94. The van der Waals surface area contributed by atoms with Crippen molar-refractivity contribution >= 4 is 17.3 Å². The second kappa shape index (κ2) is 10.5. The van der Waals surface area contributed by atoms with Gasteiger partial charge in [-0.25, -0.2) is 5.43 Å². The fourth-order valence-corrected chi connectivity index (χ4v) is 2.16. The summed E-state index contributed by atoms with van der Waals surface area (Å²) in [5, 5.41) is 14.6. The zero-order valence-electron chi connectivity index (χ0n) is 13.9. The zero-order valence-corrected chi connectivity index (χ0v) is 13.9. The van der Waals surface area contributed by atoms with E-state index < -0.39 is 4.92 Å². The number of rotatable bonds is 10. The van der Waals surface area contributed by atoms with Gasteiger partial charge in [-0.2, -0.15) is 5.10 Å². The van der Waals surface area contributed by atoms with E-state index in [2.05, 4.69) is 17.5 Å². The highest BCUT2D eigenvalue weighted by atomic mass is 16.6. The number of nitrogens with one attached hydrogen (secondary N) is 1. The minimum absolute atomic E-state index is 0.0358. The maximum Gasteiger partial charge on any atom is 0.269 e. The van der Waals surface area contributed by atoms with Crippen LogP contribution in [0.3, 0.4) is 0 Å². The second-order valence-electron chi connectivity index (χ2n) is 5.55. The Balaban J connectivity index is 2.34. The second-order valence-corrected chi connectivity index (χ2v) is 5.55. The number of hydrogen-bond donors (Lipinski definition) is 1. The molecule has 1 amide bonds. The summed E-state index contributed by atoms with van der Waals surface area (Å²) in [6.45, 7) is 3.94. The van der Waals surface area contributed by atoms with Gasteiger partial charge in [-0.05, 0) is 31.0 Å². The maximum atomic E-state index is 11.7. The Bertz CT molecular complexity index is 539. The third-order valence-electron chi connectivity index (χ3n) is 3.60. The predicted molar refractivity (Wildman–Crippen MR) is 91.4 cm³/mol. The summed E-state index contributed by atoms with van der Waals surface area (Å²) >= 11 is 0. The maximum absolute atomic E-state index is 11.7. The van der Waals surface area contributed by atoms with E-state index in [1.807, 2.05) is 0 Å². The van der Waals surface area contributed by atoms with E-state index in [1.54, 1.807) is 19.1 Å². The lowest BCUT2D eigenvalue weighted by atomic mass is 10.1. The van der Waals surface area contributed by atoms with E-state index in [4.69, 9.17) is 0 Å². The van der Waals surface area contributed by atoms with Gasteiger partial charge in [0.15, 0.2) is 0 Å². The van der Waals surface area contributed by atoms with E-state index in [-0.39, 0.29) is 11.6 Å². The molecule has 6 heteroatoms. The lowest BCUT2D eigenvalue weighted by Gasteiger charge is -2.03. The summed E-state index contributed by atoms with van der Waals surface area (Å²) in [4.78, 5) is 21.9. The first-order valence-corrected chi connectivity index (χ1v) is 8.12. The molecule has 0 aliphatic rings. The summed E-state index contributed by atoms with van der Waals surface area (Å²) in [5.74, 6) is -0.0956. The number of nitrogens with zero attached hydrogens (tertiary/aromatic N) is 2. The standard InChI is InChI=1S/C17H25N3O3/c1-3-4-5-6-7-8-9-17(21)19-18-14(2)15-10-12-16(13-11-15)20(22)23/h10-13H,3-9H2,1-2H3,(H,19,21)/b18-14-. The van der Waals surface area contributed by atoms with Crippen LogP contribution in [0, 0.1) is 10.1 Å². The van der Waals surface area contributed by atoms with Gasteiger partial charge < -0.3 is 0 Å². The van der Waals surface area contributed by atoms with Gasteiger partial charge in [0.1, 0.15) is 0 Å². The molecule has 0 fully saturated rings. The van der Waals surface area contributed by atoms with Gasteiger partial charge in [0, 0.05) is 18.6 Å². The van der Waals surface area contributed by atoms with Crippen molar-refractivity contribution in [2.24, 2.45) is 5.10 Å². The number of nitro benzene ring substituents is 1. The average Bonchev–Trinajstić information content (AvgIpc) is 2.55. The molecule has 1 aromatic carbocycles. The molecule has 0 saturated heterocycles. The normalized spacial score (nSPS) is 11.3. The van der Waals surface area contributed by atoms with Crippen molar-refractivity contribution in [1.29, 1.82) is 0 Å². The van der Waals surface area contributed by atoms with E-state index in [1.165, 1.54) is 37.8 Å². The monoisotopic (exact) mass is 319 g/mol. The molecule has 0 aromatic heterocycles. The summed E-state index contributed by atoms with van der Waals surface area (Å²) < 4.78 is 0. The molecule has 0 saturated carbocycles. The zero-order chi connectivity index (χ0) is 17.1. The molecule has 0 spiro atoms. The SMILES string of the molecule is CCCCCCCCC(=O)N/N=C(/C)c1ccc([N+](=O)[O-])cc1. The Morgan fingerprint density at radius 3 is 2.35 bits per heavy atom. The van der Waals surface area contributed by atoms with Crippen molar-refractivity contribution in [2.45, 2.75) is 58.8 Å². The van der Waals surface area contributed by atoms with Crippen LogP contribution in [0.2, 0.25) is 0 Å². The molecule has 0 atom stereocenters. The number of benzene rings is 1. The topological polar surface area (TPSA) is 84.6 Å². The molecule has 0 bridgehead atoms. The van der Waals surface area contributed by atoms with Gasteiger partial charge in [0.05, 0.1) is 10.6 Å². The number of carbonyl (C=O) groups excluding carboxylic acids is 1. The number of carbonyl (C=O) groups is 1. The van der Waals surface area contributed by atoms with Gasteiger partial charge in [0.25, 0.3) is 5.69 Å². The van der Waals surface area contributed by atoms with Crippen LogP contribution in [-0.4, -0.2) is 16.5 Å². The van der Waals surface area contributed by atoms with Crippen molar-refractivity contribution in [1.82, 2.24) is 5.43 Å². The van der Waals surface area contributed by atoms with Gasteiger partial charge >= 0.3 is 0 Å². The molecule has 1 rings (SSSR count). The lowest BCUT2D eigenvalue weighted by molar-refractivity contribution is -0.384. The molecule has 0 aliphatic carbocycles. The number of hydrogen-bond acceptors (Lipinski definition) is 4. The quantitative estimate of drug-likeness (QED) is 0.304. The Kier molecular flexibility index (Phi) is 8.57. The van der Waals surface area contributed by atoms with Crippen molar-refractivity contribution in [3.63, 3.8) is 0 Å². The summed E-state index contributed by atoms with van der Waals surface area (Å²) in [6, 6.07) is 6.09. The van der Waals surface area contributed by atoms with Crippen molar-refractivity contribution in [3.05, 3.63) is 39.9 Å². The number of non-ortho nitro benzene ring substituents is 1. The third-order valence-corrected chi connectivity index (χ3v) is 3.60. The first-order valence-electron chi connectivity index (χ1n) is 8.12. The Hall–Kier alpha value is -2.24. The van der Waals surface area contributed by atoms with Gasteiger partial charge in [-0.1, -0.05) is 39.0 Å².